The molecule has 1 heterocycles. The molecule has 1 aliphatic rings. The summed E-state index contributed by atoms with van der Waals surface area (Å²) in [6, 6.07) is 7.97. The highest BCUT2D eigenvalue weighted by molar-refractivity contribution is 7.18. The molecule has 0 fully saturated rings. The van der Waals surface area contributed by atoms with Gasteiger partial charge in [0.25, 0.3) is 0 Å². The maximum absolute atomic E-state index is 12.4. The van der Waals surface area contributed by atoms with Crippen LogP contribution in [0.3, 0.4) is 0 Å². The van der Waals surface area contributed by atoms with Gasteiger partial charge in [0.05, 0.1) is 27.6 Å². The Kier molecular flexibility index (Phi) is 4.71. The largest absolute Gasteiger partial charge is 0.481 e. The lowest BCUT2D eigenvalue weighted by molar-refractivity contribution is -0.137. The summed E-state index contributed by atoms with van der Waals surface area (Å²) in [5.41, 5.74) is 0.965. The van der Waals surface area contributed by atoms with E-state index in [1.165, 1.54) is 0 Å². The van der Waals surface area contributed by atoms with Gasteiger partial charge >= 0.3 is 5.97 Å². The number of thiazole rings is 1. The Hall–Kier alpha value is -2.21. The van der Waals surface area contributed by atoms with Gasteiger partial charge in [-0.15, -0.1) is 11.3 Å². The number of benzene rings is 1. The van der Waals surface area contributed by atoms with Crippen LogP contribution >= 0.6 is 11.3 Å². The van der Waals surface area contributed by atoms with Crippen molar-refractivity contribution >= 4 is 33.4 Å². The van der Waals surface area contributed by atoms with Crippen LogP contribution in [0.5, 0.6) is 0 Å². The number of nitrogens with zero attached hydrogens (tertiary/aromatic N) is 1. The number of carbonyl (C=O) groups is 2. The van der Waals surface area contributed by atoms with Gasteiger partial charge in [0.2, 0.25) is 5.91 Å². The number of hydrogen-bond donors (Lipinski definition) is 2. The van der Waals surface area contributed by atoms with Crippen molar-refractivity contribution < 1.29 is 14.7 Å². The summed E-state index contributed by atoms with van der Waals surface area (Å²) in [4.78, 5) is 27.7. The standard InChI is InChI=1S/C17H18N2O3S/c20-15(21)9-10-18-16(22)11-5-1-2-6-12(11)17-19-13-7-3-4-8-14(13)23-17/h1-4,7-8,11-12H,5-6,9-10H2,(H,18,22)(H,20,21). The molecule has 6 heteroatoms. The van der Waals surface area contributed by atoms with E-state index in [-0.39, 0.29) is 30.7 Å². The summed E-state index contributed by atoms with van der Waals surface area (Å²) in [6.07, 6.45) is 5.51. The number of allylic oxidation sites excluding steroid dienone is 2. The number of aromatic nitrogens is 1. The molecular formula is C17H18N2O3S. The van der Waals surface area contributed by atoms with Crippen LogP contribution < -0.4 is 5.32 Å². The molecule has 3 rings (SSSR count). The molecule has 23 heavy (non-hydrogen) atoms. The minimum atomic E-state index is -0.906. The molecule has 0 saturated heterocycles. The van der Waals surface area contributed by atoms with E-state index in [2.05, 4.69) is 16.4 Å². The van der Waals surface area contributed by atoms with Gasteiger partial charge in [-0.3, -0.25) is 9.59 Å². The highest BCUT2D eigenvalue weighted by atomic mass is 32.1. The smallest absolute Gasteiger partial charge is 0.305 e. The van der Waals surface area contributed by atoms with Gasteiger partial charge in [-0.25, -0.2) is 4.98 Å². The van der Waals surface area contributed by atoms with Crippen LogP contribution in [-0.2, 0) is 9.59 Å². The van der Waals surface area contributed by atoms with E-state index in [1.807, 2.05) is 30.3 Å². The number of nitrogens with one attached hydrogen (secondary N) is 1. The Morgan fingerprint density at radius 2 is 2.04 bits per heavy atom. The molecule has 5 nitrogen and oxygen atoms in total. The summed E-state index contributed by atoms with van der Waals surface area (Å²) in [7, 11) is 0. The van der Waals surface area contributed by atoms with Crippen LogP contribution in [0.25, 0.3) is 10.2 Å². The second-order valence-electron chi connectivity index (χ2n) is 5.61. The van der Waals surface area contributed by atoms with Gasteiger partial charge in [-0.05, 0) is 25.0 Å². The molecule has 2 aromatic rings. The van der Waals surface area contributed by atoms with Crippen LogP contribution in [0.2, 0.25) is 0 Å². The maximum Gasteiger partial charge on any atom is 0.305 e. The Labute approximate surface area is 138 Å². The average Bonchev–Trinajstić information content (AvgIpc) is 2.98. The van der Waals surface area contributed by atoms with Crippen molar-refractivity contribution in [1.29, 1.82) is 0 Å². The van der Waals surface area contributed by atoms with E-state index in [4.69, 9.17) is 5.11 Å². The van der Waals surface area contributed by atoms with Crippen molar-refractivity contribution in [2.24, 2.45) is 5.92 Å². The second-order valence-corrected chi connectivity index (χ2v) is 6.67. The van der Waals surface area contributed by atoms with Crippen LogP contribution in [0.4, 0.5) is 0 Å². The summed E-state index contributed by atoms with van der Waals surface area (Å²) < 4.78 is 1.13. The summed E-state index contributed by atoms with van der Waals surface area (Å²) in [5, 5.41) is 12.4. The maximum atomic E-state index is 12.4. The van der Waals surface area contributed by atoms with Gasteiger partial charge < -0.3 is 10.4 Å². The van der Waals surface area contributed by atoms with E-state index in [0.29, 0.717) is 6.42 Å². The first kappa shape index (κ1) is 15.7. The third-order valence-corrected chi connectivity index (χ3v) is 5.20. The van der Waals surface area contributed by atoms with E-state index in [9.17, 15) is 9.59 Å². The molecule has 0 bridgehead atoms. The van der Waals surface area contributed by atoms with Gasteiger partial charge in [-0.1, -0.05) is 24.3 Å². The van der Waals surface area contributed by atoms with E-state index < -0.39 is 5.97 Å². The quantitative estimate of drug-likeness (QED) is 0.826. The van der Waals surface area contributed by atoms with Crippen molar-refractivity contribution in [2.75, 3.05) is 6.54 Å². The van der Waals surface area contributed by atoms with E-state index >= 15 is 0 Å². The summed E-state index contributed by atoms with van der Waals surface area (Å²) in [6.45, 7) is 0.168. The normalized spacial score (nSPS) is 20.5. The summed E-state index contributed by atoms with van der Waals surface area (Å²) in [5.74, 6) is -1.12. The number of carbonyl (C=O) groups excluding carboxylic acids is 1. The zero-order valence-electron chi connectivity index (χ0n) is 12.6. The SMILES string of the molecule is O=C(O)CCNC(=O)C1CC=CCC1c1nc2ccccc2s1. The highest BCUT2D eigenvalue weighted by Gasteiger charge is 2.32. The van der Waals surface area contributed by atoms with Crippen molar-refractivity contribution in [3.05, 3.63) is 41.4 Å². The lowest BCUT2D eigenvalue weighted by atomic mass is 9.82. The van der Waals surface area contributed by atoms with Crippen LogP contribution in [0.15, 0.2) is 36.4 Å². The first-order chi connectivity index (χ1) is 11.1. The van der Waals surface area contributed by atoms with Crippen molar-refractivity contribution in [3.8, 4) is 0 Å². The van der Waals surface area contributed by atoms with E-state index in [1.54, 1.807) is 11.3 Å². The second kappa shape index (κ2) is 6.91. The molecule has 0 spiro atoms. The molecule has 1 amide bonds. The van der Waals surface area contributed by atoms with Gasteiger partial charge in [0.1, 0.15) is 0 Å². The molecule has 2 unspecified atom stereocenters. The van der Waals surface area contributed by atoms with E-state index in [0.717, 1.165) is 21.6 Å². The fraction of sp³-hybridized carbons (Fsp3) is 0.353. The lowest BCUT2D eigenvalue weighted by Crippen LogP contribution is -2.36. The van der Waals surface area contributed by atoms with Crippen LogP contribution in [0.1, 0.15) is 30.2 Å². The molecule has 0 aliphatic heterocycles. The number of hydrogen-bond acceptors (Lipinski definition) is 4. The first-order valence-corrected chi connectivity index (χ1v) is 8.47. The molecule has 1 aromatic heterocycles. The Bertz CT molecular complexity index is 720. The lowest BCUT2D eigenvalue weighted by Gasteiger charge is -2.25. The molecule has 0 radical (unpaired) electrons. The molecule has 2 N–H and O–H groups in total. The molecule has 1 aliphatic carbocycles. The number of aliphatic carboxylic acids is 1. The van der Waals surface area contributed by atoms with Gasteiger partial charge in [0, 0.05) is 12.5 Å². The number of fused-ring (bicyclic) bond motifs is 1. The topological polar surface area (TPSA) is 79.3 Å². The third-order valence-electron chi connectivity index (χ3n) is 4.03. The number of carboxylic acid groups (broad SMARTS) is 1. The average molecular weight is 330 g/mol. The first-order valence-electron chi connectivity index (χ1n) is 7.65. The van der Waals surface area contributed by atoms with Gasteiger partial charge in [-0.2, -0.15) is 0 Å². The predicted octanol–water partition coefficient (Wildman–Crippen LogP) is 2.94. The number of para-hydroxylation sites is 1. The van der Waals surface area contributed by atoms with Crippen molar-refractivity contribution in [2.45, 2.75) is 25.2 Å². The summed E-state index contributed by atoms with van der Waals surface area (Å²) >= 11 is 1.63. The highest BCUT2D eigenvalue weighted by Crippen LogP contribution is 2.38. The molecule has 120 valence electrons. The number of carboxylic acids is 1. The molecular weight excluding hydrogens is 312 g/mol. The Balaban J connectivity index is 1.77. The predicted molar refractivity (Wildman–Crippen MR) is 89.5 cm³/mol. The third kappa shape index (κ3) is 3.59. The zero-order chi connectivity index (χ0) is 16.2. The van der Waals surface area contributed by atoms with Crippen molar-refractivity contribution in [3.63, 3.8) is 0 Å². The van der Waals surface area contributed by atoms with Crippen LogP contribution in [-0.4, -0.2) is 28.5 Å². The molecule has 2 atom stereocenters. The van der Waals surface area contributed by atoms with Crippen molar-refractivity contribution in [1.82, 2.24) is 10.3 Å². The number of amides is 1. The van der Waals surface area contributed by atoms with Crippen LogP contribution in [0, 0.1) is 5.92 Å². The fourth-order valence-corrected chi connectivity index (χ4v) is 4.00. The molecule has 0 saturated carbocycles. The molecule has 1 aromatic carbocycles. The minimum Gasteiger partial charge on any atom is -0.481 e. The number of rotatable bonds is 5. The fourth-order valence-electron chi connectivity index (χ4n) is 2.85. The zero-order valence-corrected chi connectivity index (χ0v) is 13.4. The monoisotopic (exact) mass is 330 g/mol. The van der Waals surface area contributed by atoms with Gasteiger partial charge in [0.15, 0.2) is 0 Å². The Morgan fingerprint density at radius 1 is 1.26 bits per heavy atom. The minimum absolute atomic E-state index is 0.0555. The Morgan fingerprint density at radius 3 is 2.83 bits per heavy atom.